The van der Waals surface area contributed by atoms with E-state index < -0.39 is 6.10 Å². The average molecular weight is 372 g/mol. The van der Waals surface area contributed by atoms with Crippen LogP contribution in [0.15, 0.2) is 30.3 Å². The van der Waals surface area contributed by atoms with Gasteiger partial charge in [0.25, 0.3) is 11.8 Å². The van der Waals surface area contributed by atoms with Crippen molar-refractivity contribution in [3.63, 3.8) is 0 Å². The Morgan fingerprint density at radius 2 is 2.26 bits per heavy atom. The number of aliphatic hydroxyl groups is 1. The van der Waals surface area contributed by atoms with E-state index in [9.17, 15) is 14.7 Å². The van der Waals surface area contributed by atoms with Crippen LogP contribution in [0.4, 0.5) is 0 Å². The number of nitrogens with zero attached hydrogens (tertiary/aromatic N) is 2. The topological polar surface area (TPSA) is 105 Å². The van der Waals surface area contributed by atoms with E-state index in [1.165, 1.54) is 10.7 Å². The molecule has 0 radical (unpaired) electrons. The fourth-order valence-corrected chi connectivity index (χ4v) is 2.99. The zero-order valence-corrected chi connectivity index (χ0v) is 15.3. The number of carbonyl (C=O) groups is 2. The van der Waals surface area contributed by atoms with E-state index in [-0.39, 0.29) is 36.3 Å². The molecule has 0 fully saturated rings. The van der Waals surface area contributed by atoms with Crippen molar-refractivity contribution < 1.29 is 19.4 Å². The van der Waals surface area contributed by atoms with Gasteiger partial charge in [-0.1, -0.05) is 18.2 Å². The molecule has 1 unspecified atom stereocenters. The van der Waals surface area contributed by atoms with Gasteiger partial charge in [0, 0.05) is 19.2 Å². The molecule has 144 valence electrons. The molecule has 0 spiro atoms. The summed E-state index contributed by atoms with van der Waals surface area (Å²) >= 11 is 0. The molecule has 0 saturated heterocycles. The molecule has 3 N–H and O–H groups in total. The van der Waals surface area contributed by atoms with Gasteiger partial charge in [-0.3, -0.25) is 14.3 Å². The lowest BCUT2D eigenvalue weighted by atomic mass is 10.1. The highest BCUT2D eigenvalue weighted by atomic mass is 16.5. The van der Waals surface area contributed by atoms with Gasteiger partial charge in [-0.05, 0) is 31.4 Å². The van der Waals surface area contributed by atoms with Crippen LogP contribution in [-0.2, 0) is 13.0 Å². The van der Waals surface area contributed by atoms with E-state index in [0.29, 0.717) is 13.2 Å². The number of aromatic nitrogens is 2. The van der Waals surface area contributed by atoms with Gasteiger partial charge in [-0.25, -0.2) is 0 Å². The standard InChI is InChI=1S/C19H24N4O4/c1-2-27-17-8-4-3-6-13(17)7-5-9-20-18(25)15-10-16-19(26)21-11-14(24)12-23(16)22-15/h3-4,6,8,10,14,24H,2,5,7,9,11-12H2,1H3,(H,20,25)(H,21,26). The van der Waals surface area contributed by atoms with Crippen molar-refractivity contribution in [3.05, 3.63) is 47.3 Å². The first-order valence-electron chi connectivity index (χ1n) is 9.11. The van der Waals surface area contributed by atoms with E-state index in [0.717, 1.165) is 24.2 Å². The van der Waals surface area contributed by atoms with E-state index >= 15 is 0 Å². The van der Waals surface area contributed by atoms with Gasteiger partial charge >= 0.3 is 0 Å². The molecule has 0 saturated carbocycles. The summed E-state index contributed by atoms with van der Waals surface area (Å²) in [6.07, 6.45) is 0.810. The van der Waals surface area contributed by atoms with Crippen molar-refractivity contribution in [1.29, 1.82) is 0 Å². The van der Waals surface area contributed by atoms with Gasteiger partial charge in [-0.2, -0.15) is 5.10 Å². The number of benzene rings is 1. The van der Waals surface area contributed by atoms with Crippen molar-refractivity contribution in [2.24, 2.45) is 0 Å². The molecule has 2 heterocycles. The summed E-state index contributed by atoms with van der Waals surface area (Å²) in [5.74, 6) is 0.190. The van der Waals surface area contributed by atoms with Crippen LogP contribution in [-0.4, -0.2) is 52.5 Å². The van der Waals surface area contributed by atoms with Crippen LogP contribution >= 0.6 is 0 Å². The van der Waals surface area contributed by atoms with Gasteiger partial charge < -0.3 is 20.5 Å². The number of carbonyl (C=O) groups excluding carboxylic acids is 2. The first-order chi connectivity index (χ1) is 13.1. The zero-order valence-electron chi connectivity index (χ0n) is 15.3. The van der Waals surface area contributed by atoms with Crippen LogP contribution in [0.1, 0.15) is 39.9 Å². The monoisotopic (exact) mass is 372 g/mol. The normalized spacial score (nSPS) is 16.2. The van der Waals surface area contributed by atoms with Gasteiger partial charge in [0.2, 0.25) is 0 Å². The number of rotatable bonds is 7. The molecule has 8 heteroatoms. The summed E-state index contributed by atoms with van der Waals surface area (Å²) < 4.78 is 6.98. The Hall–Kier alpha value is -2.87. The number of aryl methyl sites for hydroxylation is 1. The summed E-state index contributed by atoms with van der Waals surface area (Å²) in [7, 11) is 0. The number of ether oxygens (including phenoxy) is 1. The van der Waals surface area contributed by atoms with E-state index in [1.807, 2.05) is 31.2 Å². The molecule has 1 aliphatic heterocycles. The number of aliphatic hydroxyl groups excluding tert-OH is 1. The molecule has 2 aromatic rings. The third-order valence-electron chi connectivity index (χ3n) is 4.31. The Kier molecular flexibility index (Phi) is 6.08. The van der Waals surface area contributed by atoms with Crippen LogP contribution in [0.5, 0.6) is 5.75 Å². The Morgan fingerprint density at radius 3 is 3.07 bits per heavy atom. The molecule has 0 bridgehead atoms. The zero-order chi connectivity index (χ0) is 19.2. The summed E-state index contributed by atoms with van der Waals surface area (Å²) in [4.78, 5) is 24.3. The molecule has 1 atom stereocenters. The number of hydrogen-bond acceptors (Lipinski definition) is 5. The number of fused-ring (bicyclic) bond motifs is 1. The Balaban J connectivity index is 1.54. The van der Waals surface area contributed by atoms with Gasteiger partial charge in [0.15, 0.2) is 5.69 Å². The molecule has 1 aliphatic rings. The second kappa shape index (κ2) is 8.68. The highest BCUT2D eigenvalue weighted by molar-refractivity contribution is 5.98. The van der Waals surface area contributed by atoms with Gasteiger partial charge in [0.05, 0.1) is 19.3 Å². The Bertz CT molecular complexity index is 818. The second-order valence-electron chi connectivity index (χ2n) is 6.36. The molecule has 8 nitrogen and oxygen atoms in total. The fraction of sp³-hybridized carbons (Fsp3) is 0.421. The highest BCUT2D eigenvalue weighted by Crippen LogP contribution is 2.19. The van der Waals surface area contributed by atoms with Crippen molar-refractivity contribution in [2.45, 2.75) is 32.4 Å². The maximum absolute atomic E-state index is 12.3. The van der Waals surface area contributed by atoms with Crippen molar-refractivity contribution >= 4 is 11.8 Å². The number of nitrogens with one attached hydrogen (secondary N) is 2. The first kappa shape index (κ1) is 18.9. The lowest BCUT2D eigenvalue weighted by Crippen LogP contribution is -2.30. The minimum absolute atomic E-state index is 0.170. The molecular formula is C19H24N4O4. The van der Waals surface area contributed by atoms with Crippen molar-refractivity contribution in [2.75, 3.05) is 19.7 Å². The predicted octanol–water partition coefficient (Wildman–Crippen LogP) is 0.749. The second-order valence-corrected chi connectivity index (χ2v) is 6.36. The quantitative estimate of drug-likeness (QED) is 0.622. The molecular weight excluding hydrogens is 348 g/mol. The van der Waals surface area contributed by atoms with Crippen LogP contribution in [0.25, 0.3) is 0 Å². The molecule has 3 rings (SSSR count). The minimum atomic E-state index is -0.726. The SMILES string of the molecule is CCOc1ccccc1CCCNC(=O)c1cc2n(n1)CC(O)CNC2=O. The third kappa shape index (κ3) is 4.65. The van der Waals surface area contributed by atoms with Crippen LogP contribution in [0, 0.1) is 0 Å². The third-order valence-corrected chi connectivity index (χ3v) is 4.31. The van der Waals surface area contributed by atoms with E-state index in [1.54, 1.807) is 0 Å². The lowest BCUT2D eigenvalue weighted by Gasteiger charge is -2.10. The van der Waals surface area contributed by atoms with Crippen LogP contribution < -0.4 is 15.4 Å². The smallest absolute Gasteiger partial charge is 0.271 e. The van der Waals surface area contributed by atoms with E-state index in [2.05, 4.69) is 15.7 Å². The Morgan fingerprint density at radius 1 is 1.44 bits per heavy atom. The molecule has 0 aliphatic carbocycles. The first-order valence-corrected chi connectivity index (χ1v) is 9.11. The van der Waals surface area contributed by atoms with Crippen molar-refractivity contribution in [3.8, 4) is 5.75 Å². The largest absolute Gasteiger partial charge is 0.494 e. The summed E-state index contributed by atoms with van der Waals surface area (Å²) in [5.41, 5.74) is 1.55. The average Bonchev–Trinajstić information content (AvgIpc) is 3.03. The highest BCUT2D eigenvalue weighted by Gasteiger charge is 2.24. The molecule has 2 amide bonds. The van der Waals surface area contributed by atoms with Crippen LogP contribution in [0.2, 0.25) is 0 Å². The maximum Gasteiger partial charge on any atom is 0.271 e. The summed E-state index contributed by atoms with van der Waals surface area (Å²) in [6, 6.07) is 9.31. The lowest BCUT2D eigenvalue weighted by molar-refractivity contribution is 0.0931. The van der Waals surface area contributed by atoms with Crippen molar-refractivity contribution in [1.82, 2.24) is 20.4 Å². The predicted molar refractivity (Wildman–Crippen MR) is 98.8 cm³/mol. The molecule has 1 aromatic heterocycles. The summed E-state index contributed by atoms with van der Waals surface area (Å²) in [6.45, 7) is 3.39. The summed E-state index contributed by atoms with van der Waals surface area (Å²) in [5, 5.41) is 19.3. The number of amides is 2. The molecule has 27 heavy (non-hydrogen) atoms. The van der Waals surface area contributed by atoms with Gasteiger partial charge in [-0.15, -0.1) is 0 Å². The van der Waals surface area contributed by atoms with Crippen LogP contribution in [0.3, 0.4) is 0 Å². The van der Waals surface area contributed by atoms with E-state index in [4.69, 9.17) is 4.74 Å². The molecule has 1 aromatic carbocycles. The number of hydrogen-bond donors (Lipinski definition) is 3. The number of para-hydroxylation sites is 1. The Labute approximate surface area is 157 Å². The fourth-order valence-electron chi connectivity index (χ4n) is 2.99. The van der Waals surface area contributed by atoms with Gasteiger partial charge in [0.1, 0.15) is 11.4 Å². The number of β-amino-alcohol motifs (C(OH)–C–C–N with tert-alkyl or cyclic N) is 1. The minimum Gasteiger partial charge on any atom is -0.494 e. The maximum atomic E-state index is 12.3.